The predicted molar refractivity (Wildman–Crippen MR) is 83.7 cm³/mol. The molecule has 1 N–H and O–H groups in total. The number of furan rings is 1. The number of aryl methyl sites for hydroxylation is 1. The molecule has 108 valence electrons. The van der Waals surface area contributed by atoms with Crippen molar-refractivity contribution in [2.75, 3.05) is 5.32 Å². The molecule has 0 fully saturated rings. The zero-order valence-corrected chi connectivity index (χ0v) is 12.4. The minimum Gasteiger partial charge on any atom is -0.463 e. The third-order valence-corrected chi connectivity index (χ3v) is 3.52. The zero-order chi connectivity index (χ0) is 15.0. The molecule has 21 heavy (non-hydrogen) atoms. The van der Waals surface area contributed by atoms with E-state index in [1.54, 1.807) is 12.3 Å². The fourth-order valence-electron chi connectivity index (χ4n) is 2.51. The molecule has 1 aromatic carbocycles. The number of carbonyl (C=O) groups excluding carboxylic acids is 1. The van der Waals surface area contributed by atoms with Gasteiger partial charge in [0, 0.05) is 23.9 Å². The van der Waals surface area contributed by atoms with Crippen molar-refractivity contribution in [3.05, 3.63) is 53.9 Å². The number of nitrogens with one attached hydrogen (secondary N) is 1. The van der Waals surface area contributed by atoms with Crippen LogP contribution in [0.3, 0.4) is 0 Å². The van der Waals surface area contributed by atoms with Gasteiger partial charge in [-0.15, -0.1) is 0 Å². The lowest BCUT2D eigenvalue weighted by molar-refractivity contribution is 0.101. The fourth-order valence-corrected chi connectivity index (χ4v) is 2.51. The van der Waals surface area contributed by atoms with E-state index in [1.807, 2.05) is 41.8 Å². The quantitative estimate of drug-likeness (QED) is 0.775. The number of rotatable bonds is 3. The van der Waals surface area contributed by atoms with Gasteiger partial charge in [-0.25, -0.2) is 0 Å². The summed E-state index contributed by atoms with van der Waals surface area (Å²) >= 11 is 0. The number of aromatic nitrogens is 1. The first-order chi connectivity index (χ1) is 10.1. The highest BCUT2D eigenvalue weighted by molar-refractivity contribution is 6.05. The fraction of sp³-hybridized carbons (Fsp3) is 0.235. The van der Waals surface area contributed by atoms with Crippen molar-refractivity contribution in [3.63, 3.8) is 0 Å². The van der Waals surface area contributed by atoms with Crippen LogP contribution in [0.4, 0.5) is 5.69 Å². The van der Waals surface area contributed by atoms with Gasteiger partial charge >= 0.3 is 0 Å². The summed E-state index contributed by atoms with van der Waals surface area (Å²) < 4.78 is 7.39. The van der Waals surface area contributed by atoms with E-state index in [0.29, 0.717) is 5.69 Å². The highest BCUT2D eigenvalue weighted by Gasteiger charge is 2.19. The van der Waals surface area contributed by atoms with Crippen LogP contribution in [0.15, 0.2) is 47.1 Å². The van der Waals surface area contributed by atoms with Crippen molar-refractivity contribution in [2.24, 2.45) is 0 Å². The van der Waals surface area contributed by atoms with Gasteiger partial charge in [0.25, 0.3) is 5.91 Å². The largest absolute Gasteiger partial charge is 0.463 e. The SMILES string of the molecule is Cc1ccc(NC(=O)c2cc3occc3n2C(C)C)cc1. The molecule has 0 radical (unpaired) electrons. The van der Waals surface area contributed by atoms with Gasteiger partial charge in [-0.1, -0.05) is 17.7 Å². The lowest BCUT2D eigenvalue weighted by Crippen LogP contribution is -2.18. The van der Waals surface area contributed by atoms with Gasteiger partial charge in [-0.05, 0) is 32.9 Å². The van der Waals surface area contributed by atoms with Gasteiger partial charge in [0.2, 0.25) is 0 Å². The van der Waals surface area contributed by atoms with Gasteiger partial charge in [-0.3, -0.25) is 4.79 Å². The summed E-state index contributed by atoms with van der Waals surface area (Å²) in [5, 5.41) is 2.93. The van der Waals surface area contributed by atoms with E-state index in [4.69, 9.17) is 4.42 Å². The molecule has 3 aromatic rings. The summed E-state index contributed by atoms with van der Waals surface area (Å²) in [4.78, 5) is 12.5. The molecule has 0 aliphatic heterocycles. The molecule has 0 unspecified atom stereocenters. The normalized spacial score (nSPS) is 11.2. The monoisotopic (exact) mass is 282 g/mol. The minimum absolute atomic E-state index is 0.126. The summed E-state index contributed by atoms with van der Waals surface area (Å²) in [7, 11) is 0. The number of nitrogens with zero attached hydrogens (tertiary/aromatic N) is 1. The Hall–Kier alpha value is -2.49. The van der Waals surface area contributed by atoms with Crippen molar-refractivity contribution in [3.8, 4) is 0 Å². The third kappa shape index (κ3) is 2.44. The second-order valence-corrected chi connectivity index (χ2v) is 5.48. The maximum absolute atomic E-state index is 12.5. The van der Waals surface area contributed by atoms with Crippen LogP contribution in [0.2, 0.25) is 0 Å². The summed E-state index contributed by atoms with van der Waals surface area (Å²) in [5.74, 6) is -0.126. The van der Waals surface area contributed by atoms with Gasteiger partial charge in [0.1, 0.15) is 5.69 Å². The first kappa shape index (κ1) is 13.5. The average Bonchev–Trinajstić information content (AvgIpc) is 3.00. The molecule has 3 rings (SSSR count). The van der Waals surface area contributed by atoms with Crippen LogP contribution < -0.4 is 5.32 Å². The van der Waals surface area contributed by atoms with E-state index < -0.39 is 0 Å². The van der Waals surface area contributed by atoms with E-state index in [1.165, 1.54) is 0 Å². The van der Waals surface area contributed by atoms with Gasteiger partial charge in [-0.2, -0.15) is 0 Å². The Morgan fingerprint density at radius 3 is 2.57 bits per heavy atom. The van der Waals surface area contributed by atoms with Crippen LogP contribution in [0.5, 0.6) is 0 Å². The number of amides is 1. The summed E-state index contributed by atoms with van der Waals surface area (Å²) in [6.07, 6.45) is 1.64. The first-order valence-corrected chi connectivity index (χ1v) is 7.02. The van der Waals surface area contributed by atoms with E-state index in [2.05, 4.69) is 19.2 Å². The topological polar surface area (TPSA) is 47.2 Å². The van der Waals surface area contributed by atoms with Crippen LogP contribution in [-0.2, 0) is 0 Å². The maximum atomic E-state index is 12.5. The Morgan fingerprint density at radius 2 is 1.90 bits per heavy atom. The highest BCUT2D eigenvalue weighted by atomic mass is 16.3. The number of hydrogen-bond acceptors (Lipinski definition) is 2. The number of hydrogen-bond donors (Lipinski definition) is 1. The second kappa shape index (κ2) is 5.13. The van der Waals surface area contributed by atoms with Crippen molar-refractivity contribution >= 4 is 22.7 Å². The lowest BCUT2D eigenvalue weighted by Gasteiger charge is -2.13. The number of fused-ring (bicyclic) bond motifs is 1. The van der Waals surface area contributed by atoms with Gasteiger partial charge in [0.05, 0.1) is 11.8 Å². The molecule has 0 saturated heterocycles. The molecule has 0 saturated carbocycles. The smallest absolute Gasteiger partial charge is 0.272 e. The van der Waals surface area contributed by atoms with Gasteiger partial charge < -0.3 is 14.3 Å². The second-order valence-electron chi connectivity index (χ2n) is 5.48. The molecule has 0 aliphatic carbocycles. The third-order valence-electron chi connectivity index (χ3n) is 3.52. The van der Waals surface area contributed by atoms with Crippen LogP contribution in [-0.4, -0.2) is 10.5 Å². The van der Waals surface area contributed by atoms with Crippen LogP contribution in [0, 0.1) is 6.92 Å². The molecule has 0 atom stereocenters. The Morgan fingerprint density at radius 1 is 1.19 bits per heavy atom. The molecule has 4 heteroatoms. The van der Waals surface area contributed by atoms with Crippen LogP contribution >= 0.6 is 0 Å². The lowest BCUT2D eigenvalue weighted by atomic mass is 10.2. The zero-order valence-electron chi connectivity index (χ0n) is 12.4. The molecule has 0 bridgehead atoms. The number of benzene rings is 1. The Labute approximate surface area is 123 Å². The maximum Gasteiger partial charge on any atom is 0.272 e. The summed E-state index contributed by atoms with van der Waals surface area (Å²) in [6, 6.07) is 11.6. The van der Waals surface area contributed by atoms with Crippen molar-refractivity contribution < 1.29 is 9.21 Å². The van der Waals surface area contributed by atoms with E-state index in [-0.39, 0.29) is 11.9 Å². The van der Waals surface area contributed by atoms with E-state index in [0.717, 1.165) is 22.4 Å². The Balaban J connectivity index is 1.95. The molecular formula is C17H18N2O2. The standard InChI is InChI=1S/C17H18N2O2/c1-11(2)19-14-8-9-21-16(14)10-15(19)17(20)18-13-6-4-12(3)5-7-13/h4-11H,1-3H3,(H,18,20). The average molecular weight is 282 g/mol. The van der Waals surface area contributed by atoms with Crippen molar-refractivity contribution in [2.45, 2.75) is 26.8 Å². The van der Waals surface area contributed by atoms with Crippen molar-refractivity contribution in [1.29, 1.82) is 0 Å². The van der Waals surface area contributed by atoms with E-state index in [9.17, 15) is 4.79 Å². The van der Waals surface area contributed by atoms with E-state index >= 15 is 0 Å². The number of anilines is 1. The minimum atomic E-state index is -0.126. The molecule has 4 nitrogen and oxygen atoms in total. The molecule has 2 aromatic heterocycles. The van der Waals surface area contributed by atoms with Crippen molar-refractivity contribution in [1.82, 2.24) is 4.57 Å². The van der Waals surface area contributed by atoms with Crippen LogP contribution in [0.1, 0.15) is 35.9 Å². The first-order valence-electron chi connectivity index (χ1n) is 7.02. The van der Waals surface area contributed by atoms with Gasteiger partial charge in [0.15, 0.2) is 5.58 Å². The predicted octanol–water partition coefficient (Wildman–Crippen LogP) is 4.38. The number of carbonyl (C=O) groups is 1. The molecule has 2 heterocycles. The summed E-state index contributed by atoms with van der Waals surface area (Å²) in [5.41, 5.74) is 4.24. The summed E-state index contributed by atoms with van der Waals surface area (Å²) in [6.45, 7) is 6.12. The van der Waals surface area contributed by atoms with Crippen LogP contribution in [0.25, 0.3) is 11.1 Å². The molecule has 0 aliphatic rings. The molecule has 1 amide bonds. The molecular weight excluding hydrogens is 264 g/mol. The Kier molecular flexibility index (Phi) is 3.29. The molecule has 0 spiro atoms. The highest BCUT2D eigenvalue weighted by Crippen LogP contribution is 2.25. The Bertz CT molecular complexity index is 779.